The first-order chi connectivity index (χ1) is 13.6. The molecule has 1 amide bonds. The number of aromatic nitrogens is 3. The van der Waals surface area contributed by atoms with Crippen molar-refractivity contribution >= 4 is 41.7 Å². The molecule has 2 aromatic heterocycles. The van der Waals surface area contributed by atoms with Crippen molar-refractivity contribution in [3.8, 4) is 0 Å². The van der Waals surface area contributed by atoms with Gasteiger partial charge >= 0.3 is 6.09 Å². The van der Waals surface area contributed by atoms with Crippen molar-refractivity contribution in [2.45, 2.75) is 58.6 Å². The number of fused-ring (bicyclic) bond motifs is 1. The van der Waals surface area contributed by atoms with Gasteiger partial charge in [0.2, 0.25) is 0 Å². The van der Waals surface area contributed by atoms with Gasteiger partial charge in [0.25, 0.3) is 0 Å². The molecule has 0 aromatic carbocycles. The van der Waals surface area contributed by atoms with Gasteiger partial charge in [-0.1, -0.05) is 6.07 Å². The standard InChI is InChI=1S/C20H33N7O2.HI/c1-19(2,3)29-18(28)24-20(4,5)14-23-17(21-6)22-12-9-11-16-26-25-15-10-7-8-13-27(15)16;/h7-8,10,13H,9,11-12,14H2,1-6H3,(H,24,28)(H2,21,22,23);1H. The SMILES string of the molecule is CN=C(NCCCc1nnc2ccccn12)NCC(C)(C)NC(=O)OC(C)(C)C.I. The number of halogens is 1. The van der Waals surface area contributed by atoms with Crippen molar-refractivity contribution < 1.29 is 9.53 Å². The van der Waals surface area contributed by atoms with E-state index in [1.54, 1.807) is 7.05 Å². The molecule has 0 radical (unpaired) electrons. The Hall–Kier alpha value is -2.11. The quantitative estimate of drug-likeness (QED) is 0.220. The second kappa shape index (κ2) is 11.3. The Morgan fingerprint density at radius 2 is 1.90 bits per heavy atom. The summed E-state index contributed by atoms with van der Waals surface area (Å²) < 4.78 is 7.31. The van der Waals surface area contributed by atoms with E-state index in [1.165, 1.54) is 0 Å². The van der Waals surface area contributed by atoms with Crippen LogP contribution in [0.3, 0.4) is 0 Å². The van der Waals surface area contributed by atoms with E-state index >= 15 is 0 Å². The van der Waals surface area contributed by atoms with E-state index in [2.05, 4.69) is 31.1 Å². The number of rotatable bonds is 7. The predicted molar refractivity (Wildman–Crippen MR) is 130 cm³/mol. The Labute approximate surface area is 195 Å². The van der Waals surface area contributed by atoms with E-state index in [0.717, 1.165) is 30.9 Å². The van der Waals surface area contributed by atoms with Crippen molar-refractivity contribution in [3.05, 3.63) is 30.2 Å². The maximum atomic E-state index is 12.0. The number of guanidine groups is 1. The second-order valence-corrected chi connectivity index (χ2v) is 8.51. The van der Waals surface area contributed by atoms with Crippen LogP contribution < -0.4 is 16.0 Å². The average Bonchev–Trinajstić information content (AvgIpc) is 3.02. The number of ether oxygens (including phenoxy) is 1. The van der Waals surface area contributed by atoms with E-state index in [4.69, 9.17) is 4.74 Å². The van der Waals surface area contributed by atoms with Gasteiger partial charge in [0.15, 0.2) is 11.6 Å². The van der Waals surface area contributed by atoms with Crippen LogP contribution in [0.1, 0.15) is 46.9 Å². The van der Waals surface area contributed by atoms with Gasteiger partial charge in [-0.15, -0.1) is 34.2 Å². The smallest absolute Gasteiger partial charge is 0.408 e. The van der Waals surface area contributed by atoms with Crippen LogP contribution in [0.4, 0.5) is 4.79 Å². The number of pyridine rings is 1. The maximum absolute atomic E-state index is 12.0. The molecule has 30 heavy (non-hydrogen) atoms. The highest BCUT2D eigenvalue weighted by atomic mass is 127. The molecular formula is C20H34IN7O2. The summed E-state index contributed by atoms with van der Waals surface area (Å²) >= 11 is 0. The number of alkyl carbamates (subject to hydrolysis) is 1. The molecule has 0 aliphatic rings. The van der Waals surface area contributed by atoms with E-state index in [9.17, 15) is 4.79 Å². The number of nitrogens with one attached hydrogen (secondary N) is 3. The highest BCUT2D eigenvalue weighted by Gasteiger charge is 2.24. The summed E-state index contributed by atoms with van der Waals surface area (Å²) in [6.07, 6.45) is 3.22. The van der Waals surface area contributed by atoms with E-state index in [-0.39, 0.29) is 24.0 Å². The molecule has 2 heterocycles. The van der Waals surface area contributed by atoms with Gasteiger partial charge in [0.05, 0.1) is 5.54 Å². The summed E-state index contributed by atoms with van der Waals surface area (Å²) in [6, 6.07) is 5.86. The number of nitrogens with zero attached hydrogens (tertiary/aromatic N) is 4. The monoisotopic (exact) mass is 531 g/mol. The highest BCUT2D eigenvalue weighted by molar-refractivity contribution is 14.0. The minimum atomic E-state index is -0.527. The molecular weight excluding hydrogens is 497 g/mol. The predicted octanol–water partition coefficient (Wildman–Crippen LogP) is 2.75. The summed E-state index contributed by atoms with van der Waals surface area (Å²) in [4.78, 5) is 16.2. The zero-order valence-corrected chi connectivity index (χ0v) is 21.0. The first-order valence-corrected chi connectivity index (χ1v) is 9.84. The highest BCUT2D eigenvalue weighted by Crippen LogP contribution is 2.09. The zero-order chi connectivity index (χ0) is 21.5. The molecule has 10 heteroatoms. The molecule has 9 nitrogen and oxygen atoms in total. The van der Waals surface area contributed by atoms with Gasteiger partial charge in [-0.25, -0.2) is 4.79 Å². The van der Waals surface area contributed by atoms with Crippen LogP contribution in [-0.2, 0) is 11.2 Å². The Morgan fingerprint density at radius 3 is 2.57 bits per heavy atom. The molecule has 0 atom stereocenters. The maximum Gasteiger partial charge on any atom is 0.408 e. The normalized spacial score (nSPS) is 12.3. The zero-order valence-electron chi connectivity index (χ0n) is 18.7. The number of aliphatic imine (C=N–C) groups is 1. The topological polar surface area (TPSA) is 105 Å². The Bertz CT molecular complexity index is 843. The van der Waals surface area contributed by atoms with Gasteiger partial charge in [-0.3, -0.25) is 9.39 Å². The van der Waals surface area contributed by atoms with E-state index in [0.29, 0.717) is 12.5 Å². The van der Waals surface area contributed by atoms with E-state index in [1.807, 2.05) is 63.4 Å². The van der Waals surface area contributed by atoms with Crippen molar-refractivity contribution in [2.75, 3.05) is 20.1 Å². The van der Waals surface area contributed by atoms with Crippen molar-refractivity contribution in [2.24, 2.45) is 4.99 Å². The summed E-state index contributed by atoms with van der Waals surface area (Å²) in [6.45, 7) is 10.6. The minimum Gasteiger partial charge on any atom is -0.444 e. The van der Waals surface area contributed by atoms with Gasteiger partial charge in [-0.05, 0) is 53.2 Å². The fourth-order valence-electron chi connectivity index (χ4n) is 2.66. The number of amides is 1. The molecule has 2 aromatic rings. The fourth-order valence-corrected chi connectivity index (χ4v) is 2.66. The molecule has 0 saturated carbocycles. The molecule has 2 rings (SSSR count). The van der Waals surface area contributed by atoms with Crippen molar-refractivity contribution in [1.82, 2.24) is 30.5 Å². The fraction of sp³-hybridized carbons (Fsp3) is 0.600. The molecule has 0 aliphatic heterocycles. The van der Waals surface area contributed by atoms with E-state index < -0.39 is 17.2 Å². The third-order valence-corrected chi connectivity index (χ3v) is 4.01. The number of carbonyl (C=O) groups excluding carboxylic acids is 1. The molecule has 0 fully saturated rings. The number of carbonyl (C=O) groups is 1. The van der Waals surface area contributed by atoms with Gasteiger partial charge < -0.3 is 20.7 Å². The Kier molecular flexibility index (Phi) is 9.79. The summed E-state index contributed by atoms with van der Waals surface area (Å²) in [5, 5.41) is 17.8. The lowest BCUT2D eigenvalue weighted by molar-refractivity contribution is 0.0474. The number of aryl methyl sites for hydroxylation is 1. The number of hydrogen-bond donors (Lipinski definition) is 3. The van der Waals surface area contributed by atoms with Gasteiger partial charge in [0.1, 0.15) is 11.4 Å². The summed E-state index contributed by atoms with van der Waals surface area (Å²) in [5.74, 6) is 1.61. The second-order valence-electron chi connectivity index (χ2n) is 8.51. The molecule has 3 N–H and O–H groups in total. The van der Waals surface area contributed by atoms with Gasteiger partial charge in [-0.2, -0.15) is 0 Å². The number of hydrogen-bond acceptors (Lipinski definition) is 5. The van der Waals surface area contributed by atoms with Crippen LogP contribution in [0, 0.1) is 0 Å². The summed E-state index contributed by atoms with van der Waals surface area (Å²) in [7, 11) is 1.72. The van der Waals surface area contributed by atoms with Crippen molar-refractivity contribution in [3.63, 3.8) is 0 Å². The van der Waals surface area contributed by atoms with Crippen molar-refractivity contribution in [1.29, 1.82) is 0 Å². The molecule has 0 aliphatic carbocycles. The molecule has 0 unspecified atom stereocenters. The molecule has 168 valence electrons. The lowest BCUT2D eigenvalue weighted by atomic mass is 10.1. The molecule has 0 bridgehead atoms. The van der Waals surface area contributed by atoms with Gasteiger partial charge in [0, 0.05) is 32.8 Å². The molecule has 0 saturated heterocycles. The first-order valence-electron chi connectivity index (χ1n) is 9.84. The van der Waals surface area contributed by atoms with Crippen LogP contribution in [0.15, 0.2) is 29.4 Å². The lowest BCUT2D eigenvalue weighted by Gasteiger charge is -2.29. The van der Waals surface area contributed by atoms with Crippen LogP contribution >= 0.6 is 24.0 Å². The van der Waals surface area contributed by atoms with Crippen LogP contribution in [0.5, 0.6) is 0 Å². The largest absolute Gasteiger partial charge is 0.444 e. The van der Waals surface area contributed by atoms with Crippen LogP contribution in [-0.4, -0.2) is 57.9 Å². The van der Waals surface area contributed by atoms with Crippen LogP contribution in [0.2, 0.25) is 0 Å². The minimum absolute atomic E-state index is 0. The third kappa shape index (κ3) is 8.72. The Morgan fingerprint density at radius 1 is 1.17 bits per heavy atom. The molecule has 0 spiro atoms. The van der Waals surface area contributed by atoms with Crippen LogP contribution in [0.25, 0.3) is 5.65 Å². The average molecular weight is 531 g/mol. The lowest BCUT2D eigenvalue weighted by Crippen LogP contribution is -2.54. The third-order valence-electron chi connectivity index (χ3n) is 4.01. The first kappa shape index (κ1) is 25.9. The Balaban J connectivity index is 0.00000450. The summed E-state index contributed by atoms with van der Waals surface area (Å²) in [5.41, 5.74) is -0.172.